The van der Waals surface area contributed by atoms with Gasteiger partial charge in [0, 0.05) is 16.0 Å². The third-order valence-corrected chi connectivity index (χ3v) is 4.33. The Kier molecular flexibility index (Phi) is 3.23. The second-order valence-electron chi connectivity index (χ2n) is 4.78. The zero-order valence-corrected chi connectivity index (χ0v) is 11.8. The van der Waals surface area contributed by atoms with Crippen LogP contribution in [0.4, 0.5) is 4.39 Å². The number of aryl methyl sites for hydroxylation is 1. The molecule has 0 fully saturated rings. The topological polar surface area (TPSA) is 17.1 Å². The Morgan fingerprint density at radius 2 is 1.95 bits per heavy atom. The maximum Gasteiger partial charge on any atom is 0.170 e. The van der Waals surface area contributed by atoms with Crippen LogP contribution in [0.25, 0.3) is 0 Å². The number of carbonyl (C=O) groups excluding carboxylic acids is 1. The molecule has 1 aliphatic carbocycles. The van der Waals surface area contributed by atoms with Crippen molar-refractivity contribution in [3.63, 3.8) is 0 Å². The van der Waals surface area contributed by atoms with Gasteiger partial charge in [-0.3, -0.25) is 4.79 Å². The number of rotatable bonds is 1. The van der Waals surface area contributed by atoms with E-state index in [2.05, 4.69) is 15.9 Å². The minimum absolute atomic E-state index is 0.133. The number of benzene rings is 2. The SMILES string of the molecule is O=C1c2ccccc2CCC1c1ccc(F)cc1Br. The van der Waals surface area contributed by atoms with Crippen LogP contribution >= 0.6 is 15.9 Å². The highest BCUT2D eigenvalue weighted by molar-refractivity contribution is 9.10. The molecule has 0 bridgehead atoms. The van der Waals surface area contributed by atoms with Crippen LogP contribution < -0.4 is 0 Å². The van der Waals surface area contributed by atoms with Crippen molar-refractivity contribution in [2.45, 2.75) is 18.8 Å². The van der Waals surface area contributed by atoms with Crippen LogP contribution in [0.2, 0.25) is 0 Å². The molecule has 1 aliphatic rings. The van der Waals surface area contributed by atoms with Gasteiger partial charge in [-0.05, 0) is 36.1 Å². The molecule has 19 heavy (non-hydrogen) atoms. The van der Waals surface area contributed by atoms with E-state index >= 15 is 0 Å². The van der Waals surface area contributed by atoms with Gasteiger partial charge in [0.15, 0.2) is 5.78 Å². The average Bonchev–Trinajstić information content (AvgIpc) is 2.41. The molecule has 0 saturated carbocycles. The number of hydrogen-bond donors (Lipinski definition) is 0. The summed E-state index contributed by atoms with van der Waals surface area (Å²) in [5.74, 6) is -0.335. The molecule has 0 amide bonds. The predicted molar refractivity (Wildman–Crippen MR) is 75.9 cm³/mol. The first kappa shape index (κ1) is 12.5. The van der Waals surface area contributed by atoms with E-state index in [-0.39, 0.29) is 17.5 Å². The molecule has 1 atom stereocenters. The van der Waals surface area contributed by atoms with E-state index in [1.807, 2.05) is 24.3 Å². The van der Waals surface area contributed by atoms with Crippen molar-refractivity contribution in [1.29, 1.82) is 0 Å². The molecule has 0 N–H and O–H groups in total. The average molecular weight is 319 g/mol. The molecule has 3 heteroatoms. The van der Waals surface area contributed by atoms with Crippen molar-refractivity contribution in [3.8, 4) is 0 Å². The lowest BCUT2D eigenvalue weighted by atomic mass is 9.79. The van der Waals surface area contributed by atoms with Crippen molar-refractivity contribution in [2.75, 3.05) is 0 Å². The number of ketones is 1. The lowest BCUT2D eigenvalue weighted by molar-refractivity contribution is 0.0946. The molecule has 0 spiro atoms. The summed E-state index contributed by atoms with van der Waals surface area (Å²) in [6.07, 6.45) is 1.66. The summed E-state index contributed by atoms with van der Waals surface area (Å²) in [5, 5.41) is 0. The summed E-state index contributed by atoms with van der Waals surface area (Å²) in [5.41, 5.74) is 2.79. The van der Waals surface area contributed by atoms with Gasteiger partial charge < -0.3 is 0 Å². The Hall–Kier alpha value is -1.48. The smallest absolute Gasteiger partial charge is 0.170 e. The lowest BCUT2D eigenvalue weighted by Gasteiger charge is -2.24. The van der Waals surface area contributed by atoms with Crippen molar-refractivity contribution in [1.82, 2.24) is 0 Å². The van der Waals surface area contributed by atoms with E-state index in [1.54, 1.807) is 6.07 Å². The first-order valence-electron chi connectivity index (χ1n) is 6.24. The fourth-order valence-corrected chi connectivity index (χ4v) is 3.31. The highest BCUT2D eigenvalue weighted by atomic mass is 79.9. The molecular formula is C16H12BrFO. The fourth-order valence-electron chi connectivity index (χ4n) is 2.68. The van der Waals surface area contributed by atoms with Crippen molar-refractivity contribution in [2.24, 2.45) is 0 Å². The first-order chi connectivity index (χ1) is 9.16. The summed E-state index contributed by atoms with van der Waals surface area (Å²) < 4.78 is 13.8. The highest BCUT2D eigenvalue weighted by Crippen LogP contribution is 2.36. The molecule has 2 aromatic rings. The van der Waals surface area contributed by atoms with Crippen molar-refractivity contribution in [3.05, 3.63) is 69.4 Å². The summed E-state index contributed by atoms with van der Waals surface area (Å²) in [6.45, 7) is 0. The van der Waals surface area contributed by atoms with Crippen LogP contribution in [0.15, 0.2) is 46.9 Å². The molecular weight excluding hydrogens is 307 g/mol. The van der Waals surface area contributed by atoms with Crippen LogP contribution in [0, 0.1) is 5.82 Å². The predicted octanol–water partition coefficient (Wildman–Crippen LogP) is 4.50. The van der Waals surface area contributed by atoms with E-state index in [0.29, 0.717) is 4.47 Å². The van der Waals surface area contributed by atoms with Crippen LogP contribution in [0.5, 0.6) is 0 Å². The maximum atomic E-state index is 13.1. The van der Waals surface area contributed by atoms with Gasteiger partial charge in [0.25, 0.3) is 0 Å². The minimum Gasteiger partial charge on any atom is -0.293 e. The Morgan fingerprint density at radius 1 is 1.16 bits per heavy atom. The highest BCUT2D eigenvalue weighted by Gasteiger charge is 2.29. The number of fused-ring (bicyclic) bond motifs is 1. The Balaban J connectivity index is 2.02. The molecule has 0 saturated heterocycles. The number of halogens is 2. The van der Waals surface area contributed by atoms with Gasteiger partial charge in [-0.25, -0.2) is 4.39 Å². The molecule has 96 valence electrons. The largest absolute Gasteiger partial charge is 0.293 e. The second-order valence-corrected chi connectivity index (χ2v) is 5.63. The van der Waals surface area contributed by atoms with Crippen LogP contribution in [0.3, 0.4) is 0 Å². The third kappa shape index (κ3) is 2.23. The van der Waals surface area contributed by atoms with E-state index in [9.17, 15) is 9.18 Å². The maximum absolute atomic E-state index is 13.1. The number of Topliss-reactive ketones (excluding diaryl/α,β-unsaturated/α-hetero) is 1. The molecule has 1 nitrogen and oxygen atoms in total. The van der Waals surface area contributed by atoms with Gasteiger partial charge in [0.05, 0.1) is 0 Å². The Morgan fingerprint density at radius 3 is 2.74 bits per heavy atom. The van der Waals surface area contributed by atoms with E-state index < -0.39 is 0 Å². The number of carbonyl (C=O) groups is 1. The minimum atomic E-state index is -0.292. The van der Waals surface area contributed by atoms with Gasteiger partial charge in [0.2, 0.25) is 0 Å². The monoisotopic (exact) mass is 318 g/mol. The molecule has 0 aliphatic heterocycles. The molecule has 0 radical (unpaired) electrons. The van der Waals surface area contributed by atoms with E-state index in [0.717, 1.165) is 29.5 Å². The van der Waals surface area contributed by atoms with Gasteiger partial charge in [0.1, 0.15) is 5.82 Å². The van der Waals surface area contributed by atoms with Gasteiger partial charge in [-0.2, -0.15) is 0 Å². The van der Waals surface area contributed by atoms with Crippen molar-refractivity contribution < 1.29 is 9.18 Å². The normalized spacial score (nSPS) is 18.2. The molecule has 0 aromatic heterocycles. The van der Waals surface area contributed by atoms with Gasteiger partial charge in [-0.1, -0.05) is 46.3 Å². The summed E-state index contributed by atoms with van der Waals surface area (Å²) in [4.78, 5) is 12.5. The molecule has 2 aromatic carbocycles. The van der Waals surface area contributed by atoms with Crippen LogP contribution in [0.1, 0.15) is 33.8 Å². The summed E-state index contributed by atoms with van der Waals surface area (Å²) in [6, 6.07) is 12.3. The van der Waals surface area contributed by atoms with E-state index in [1.165, 1.54) is 12.1 Å². The lowest BCUT2D eigenvalue weighted by Crippen LogP contribution is -2.21. The van der Waals surface area contributed by atoms with Gasteiger partial charge in [-0.15, -0.1) is 0 Å². The molecule has 1 unspecified atom stereocenters. The van der Waals surface area contributed by atoms with Crippen molar-refractivity contribution >= 4 is 21.7 Å². The third-order valence-electron chi connectivity index (χ3n) is 3.64. The zero-order valence-electron chi connectivity index (χ0n) is 10.2. The second kappa shape index (κ2) is 4.89. The standard InChI is InChI=1S/C16H12BrFO/c17-15-9-11(18)6-8-13(15)14-7-5-10-3-1-2-4-12(10)16(14)19/h1-4,6,8-9,14H,5,7H2. The van der Waals surface area contributed by atoms with Gasteiger partial charge >= 0.3 is 0 Å². The summed E-state index contributed by atoms with van der Waals surface area (Å²) >= 11 is 3.36. The van der Waals surface area contributed by atoms with E-state index in [4.69, 9.17) is 0 Å². The van der Waals surface area contributed by atoms with Crippen LogP contribution in [-0.4, -0.2) is 5.78 Å². The zero-order chi connectivity index (χ0) is 13.4. The molecule has 0 heterocycles. The fraction of sp³-hybridized carbons (Fsp3) is 0.188. The quantitative estimate of drug-likeness (QED) is 0.756. The Labute approximate surface area is 119 Å². The molecule has 3 rings (SSSR count). The number of hydrogen-bond acceptors (Lipinski definition) is 1. The van der Waals surface area contributed by atoms with Crippen LogP contribution in [-0.2, 0) is 6.42 Å². The summed E-state index contributed by atoms with van der Waals surface area (Å²) in [7, 11) is 0. The Bertz CT molecular complexity index is 651. The first-order valence-corrected chi connectivity index (χ1v) is 7.03.